The molecule has 22 heavy (non-hydrogen) atoms. The minimum absolute atomic E-state index is 0.187. The van der Waals surface area contributed by atoms with Crippen molar-refractivity contribution in [3.63, 3.8) is 0 Å². The van der Waals surface area contributed by atoms with Gasteiger partial charge >= 0.3 is 5.97 Å². The van der Waals surface area contributed by atoms with Gasteiger partial charge in [0.1, 0.15) is 17.7 Å². The van der Waals surface area contributed by atoms with Crippen LogP contribution in [0.2, 0.25) is 0 Å². The van der Waals surface area contributed by atoms with Crippen LogP contribution in [0.25, 0.3) is 0 Å². The van der Waals surface area contributed by atoms with Gasteiger partial charge in [0.15, 0.2) is 0 Å². The number of aryl methyl sites for hydroxylation is 1. The predicted octanol–water partition coefficient (Wildman–Crippen LogP) is 2.04. The van der Waals surface area contributed by atoms with E-state index in [1.165, 1.54) is 6.20 Å². The Morgan fingerprint density at radius 3 is 2.55 bits per heavy atom. The molecule has 0 fully saturated rings. The highest BCUT2D eigenvalue weighted by atomic mass is 16.4. The quantitative estimate of drug-likeness (QED) is 0.551. The van der Waals surface area contributed by atoms with Gasteiger partial charge in [-0.25, -0.2) is 4.79 Å². The van der Waals surface area contributed by atoms with Crippen LogP contribution in [0.15, 0.2) is 36.0 Å². The first-order valence-corrected chi connectivity index (χ1v) is 6.82. The number of rotatable bonds is 6. The first-order chi connectivity index (χ1) is 10.3. The zero-order valence-electron chi connectivity index (χ0n) is 12.8. The third-order valence-corrected chi connectivity index (χ3v) is 2.99. The van der Waals surface area contributed by atoms with Gasteiger partial charge in [-0.3, -0.25) is 4.79 Å². The van der Waals surface area contributed by atoms with E-state index >= 15 is 0 Å². The highest BCUT2D eigenvalue weighted by Crippen LogP contribution is 2.10. The molecule has 0 aliphatic heterocycles. The maximum absolute atomic E-state index is 12.0. The molecule has 1 unspecified atom stereocenters. The molecule has 0 aliphatic rings. The van der Waals surface area contributed by atoms with E-state index in [0.717, 1.165) is 11.3 Å². The topological polar surface area (TPSA) is 102 Å². The number of anilines is 1. The molecule has 3 N–H and O–H groups in total. The highest BCUT2D eigenvalue weighted by Gasteiger charge is 2.24. The van der Waals surface area contributed by atoms with Crippen LogP contribution in [-0.4, -0.2) is 23.0 Å². The predicted molar refractivity (Wildman–Crippen MR) is 82.9 cm³/mol. The molecule has 0 aromatic heterocycles. The second-order valence-electron chi connectivity index (χ2n) is 5.22. The normalized spacial score (nSPS) is 12.4. The van der Waals surface area contributed by atoms with Gasteiger partial charge in [-0.2, -0.15) is 5.26 Å². The molecular weight excluding hydrogens is 282 g/mol. The van der Waals surface area contributed by atoms with Crippen molar-refractivity contribution < 1.29 is 14.7 Å². The number of carbonyl (C=O) groups is 2. The lowest BCUT2D eigenvalue weighted by atomic mass is 10.0. The largest absolute Gasteiger partial charge is 0.480 e. The minimum atomic E-state index is -1.13. The van der Waals surface area contributed by atoms with Gasteiger partial charge in [-0.15, -0.1) is 0 Å². The van der Waals surface area contributed by atoms with Gasteiger partial charge in [0, 0.05) is 11.9 Å². The second-order valence-corrected chi connectivity index (χ2v) is 5.22. The van der Waals surface area contributed by atoms with Crippen molar-refractivity contribution in [1.29, 1.82) is 5.26 Å². The molecule has 1 amide bonds. The van der Waals surface area contributed by atoms with Crippen LogP contribution in [0.1, 0.15) is 19.4 Å². The number of nitrogens with zero attached hydrogens (tertiary/aromatic N) is 1. The molecule has 0 saturated carbocycles. The van der Waals surface area contributed by atoms with E-state index in [1.807, 2.05) is 25.1 Å². The second kappa shape index (κ2) is 7.84. The van der Waals surface area contributed by atoms with Crippen molar-refractivity contribution >= 4 is 17.6 Å². The highest BCUT2D eigenvalue weighted by molar-refractivity contribution is 5.99. The van der Waals surface area contributed by atoms with Crippen molar-refractivity contribution in [1.82, 2.24) is 5.32 Å². The van der Waals surface area contributed by atoms with Crippen molar-refractivity contribution in [2.75, 3.05) is 5.32 Å². The number of amides is 1. The molecule has 0 bridgehead atoms. The van der Waals surface area contributed by atoms with E-state index in [2.05, 4.69) is 10.6 Å². The third-order valence-electron chi connectivity index (χ3n) is 2.99. The number of benzene rings is 1. The standard InChI is InChI=1S/C16H19N3O3/c1-10(2)14(16(21)22)19-15(20)12(8-17)9-18-13-6-4-5-11(3)7-13/h4-7,9-10,14,18H,1-3H3,(H,19,20)(H,21,22)/b12-9-. The Labute approximate surface area is 129 Å². The lowest BCUT2D eigenvalue weighted by Crippen LogP contribution is -2.44. The Kier molecular flexibility index (Phi) is 6.14. The van der Waals surface area contributed by atoms with Crippen LogP contribution < -0.4 is 10.6 Å². The number of hydrogen-bond donors (Lipinski definition) is 3. The zero-order chi connectivity index (χ0) is 16.7. The minimum Gasteiger partial charge on any atom is -0.480 e. The molecule has 0 heterocycles. The van der Waals surface area contributed by atoms with Gasteiger partial charge < -0.3 is 15.7 Å². The zero-order valence-corrected chi connectivity index (χ0v) is 12.8. The molecule has 0 saturated heterocycles. The maximum atomic E-state index is 12.0. The summed E-state index contributed by atoms with van der Waals surface area (Å²) >= 11 is 0. The molecule has 116 valence electrons. The molecule has 0 spiro atoms. The Morgan fingerprint density at radius 1 is 1.36 bits per heavy atom. The Hall–Kier alpha value is -2.81. The average Bonchev–Trinajstić information content (AvgIpc) is 2.44. The van der Waals surface area contributed by atoms with E-state index < -0.39 is 17.9 Å². The monoisotopic (exact) mass is 301 g/mol. The van der Waals surface area contributed by atoms with E-state index in [9.17, 15) is 9.59 Å². The Bertz CT molecular complexity index is 630. The number of hydrogen-bond acceptors (Lipinski definition) is 4. The van der Waals surface area contributed by atoms with Crippen LogP contribution in [-0.2, 0) is 9.59 Å². The molecule has 1 rings (SSSR count). The molecule has 0 aliphatic carbocycles. The van der Waals surface area contributed by atoms with Crippen LogP contribution in [0.5, 0.6) is 0 Å². The van der Waals surface area contributed by atoms with Crippen LogP contribution in [0.4, 0.5) is 5.69 Å². The van der Waals surface area contributed by atoms with E-state index in [-0.39, 0.29) is 11.5 Å². The number of nitrogens with one attached hydrogen (secondary N) is 2. The summed E-state index contributed by atoms with van der Waals surface area (Å²) in [7, 11) is 0. The van der Waals surface area contributed by atoms with Gasteiger partial charge in [0.25, 0.3) is 5.91 Å². The van der Waals surface area contributed by atoms with Gasteiger partial charge in [0.05, 0.1) is 0 Å². The molecule has 1 atom stereocenters. The number of carboxylic acid groups (broad SMARTS) is 1. The SMILES string of the molecule is Cc1cccc(N/C=C(/C#N)C(=O)NC(C(=O)O)C(C)C)c1. The van der Waals surface area contributed by atoms with E-state index in [4.69, 9.17) is 10.4 Å². The molecule has 0 radical (unpaired) electrons. The summed E-state index contributed by atoms with van der Waals surface area (Å²) in [6.45, 7) is 5.28. The number of carboxylic acids is 1. The smallest absolute Gasteiger partial charge is 0.326 e. The van der Waals surface area contributed by atoms with Gasteiger partial charge in [-0.1, -0.05) is 26.0 Å². The average molecular weight is 301 g/mol. The van der Waals surface area contributed by atoms with Crippen molar-refractivity contribution in [3.8, 4) is 6.07 Å². The fourth-order valence-electron chi connectivity index (χ4n) is 1.77. The number of aliphatic carboxylic acids is 1. The first-order valence-electron chi connectivity index (χ1n) is 6.82. The van der Waals surface area contributed by atoms with Gasteiger partial charge in [-0.05, 0) is 30.5 Å². The van der Waals surface area contributed by atoms with Crippen molar-refractivity contribution in [2.24, 2.45) is 5.92 Å². The van der Waals surface area contributed by atoms with E-state index in [0.29, 0.717) is 0 Å². The maximum Gasteiger partial charge on any atom is 0.326 e. The third kappa shape index (κ3) is 4.94. The Balaban J connectivity index is 2.82. The molecular formula is C16H19N3O3. The van der Waals surface area contributed by atoms with Crippen LogP contribution in [0.3, 0.4) is 0 Å². The lowest BCUT2D eigenvalue weighted by Gasteiger charge is -2.17. The van der Waals surface area contributed by atoms with Crippen LogP contribution in [0, 0.1) is 24.2 Å². The summed E-state index contributed by atoms with van der Waals surface area (Å²) in [5.74, 6) is -2.14. The summed E-state index contributed by atoms with van der Waals surface area (Å²) in [6, 6.07) is 8.15. The molecule has 1 aromatic rings. The lowest BCUT2D eigenvalue weighted by molar-refractivity contribution is -0.142. The molecule has 6 heteroatoms. The van der Waals surface area contributed by atoms with Crippen LogP contribution >= 0.6 is 0 Å². The molecule has 6 nitrogen and oxygen atoms in total. The Morgan fingerprint density at radius 2 is 2.05 bits per heavy atom. The summed E-state index contributed by atoms with van der Waals surface area (Å²) < 4.78 is 0. The fraction of sp³-hybridized carbons (Fsp3) is 0.312. The fourth-order valence-corrected chi connectivity index (χ4v) is 1.77. The summed E-state index contributed by atoms with van der Waals surface area (Å²) in [5, 5.41) is 23.3. The first kappa shape index (κ1) is 17.2. The van der Waals surface area contributed by atoms with E-state index in [1.54, 1.807) is 26.0 Å². The summed E-state index contributed by atoms with van der Waals surface area (Å²) in [5.41, 5.74) is 1.58. The summed E-state index contributed by atoms with van der Waals surface area (Å²) in [4.78, 5) is 23.0. The van der Waals surface area contributed by atoms with Gasteiger partial charge in [0.2, 0.25) is 0 Å². The number of carbonyl (C=O) groups excluding carboxylic acids is 1. The number of nitriles is 1. The summed E-state index contributed by atoms with van der Waals surface area (Å²) in [6.07, 6.45) is 1.27. The van der Waals surface area contributed by atoms with Crippen molar-refractivity contribution in [2.45, 2.75) is 26.8 Å². The van der Waals surface area contributed by atoms with Crippen molar-refractivity contribution in [3.05, 3.63) is 41.6 Å². The molecule has 1 aromatic carbocycles.